The molecule has 42 heavy (non-hydrogen) atoms. The van der Waals surface area contributed by atoms with Gasteiger partial charge in [0.1, 0.15) is 0 Å². The lowest BCUT2D eigenvalue weighted by atomic mass is 9.58. The maximum absolute atomic E-state index is 13.7. The van der Waals surface area contributed by atoms with Crippen molar-refractivity contribution in [3.05, 3.63) is 142 Å². The molecule has 0 aromatic heterocycles. The third-order valence-electron chi connectivity index (χ3n) is 8.84. The molecule has 3 aliphatic rings. The van der Waals surface area contributed by atoms with E-state index in [4.69, 9.17) is 9.47 Å². The van der Waals surface area contributed by atoms with Crippen molar-refractivity contribution in [1.29, 1.82) is 0 Å². The van der Waals surface area contributed by atoms with Crippen molar-refractivity contribution >= 4 is 11.9 Å². The van der Waals surface area contributed by atoms with E-state index in [0.717, 1.165) is 38.5 Å². The molecule has 0 radical (unpaired) electrons. The van der Waals surface area contributed by atoms with Crippen molar-refractivity contribution in [1.82, 2.24) is 0 Å². The van der Waals surface area contributed by atoms with E-state index in [2.05, 4.69) is 50.2 Å². The van der Waals surface area contributed by atoms with E-state index in [1.807, 2.05) is 36.4 Å². The average Bonchev–Trinajstić information content (AvgIpc) is 3.04. The molecule has 0 spiro atoms. The van der Waals surface area contributed by atoms with Crippen LogP contribution in [0.3, 0.4) is 0 Å². The number of unbranched alkanes of at least 4 members (excludes halogenated alkanes) is 2. The third-order valence-corrected chi connectivity index (χ3v) is 8.84. The zero-order valence-electron chi connectivity index (χ0n) is 24.4. The first-order chi connectivity index (χ1) is 20.6. The molecule has 4 aromatic rings. The van der Waals surface area contributed by atoms with Gasteiger partial charge in [0.15, 0.2) is 12.2 Å². The number of hydrogen-bond acceptors (Lipinski definition) is 4. The Morgan fingerprint density at radius 2 is 0.976 bits per heavy atom. The highest BCUT2D eigenvalue weighted by molar-refractivity contribution is 5.91. The quantitative estimate of drug-likeness (QED) is 0.183. The Balaban J connectivity index is 1.53. The SMILES string of the molecule is CCCCc1cccc2c1[C@H]1c3c(CCCC)cccc3[C@H]2C(OC(=O)c2ccccc2)C1OC(=O)c1ccccc1. The molecule has 7 rings (SSSR count). The minimum absolute atomic E-state index is 0.220. The lowest BCUT2D eigenvalue weighted by molar-refractivity contribution is -0.0560. The lowest BCUT2D eigenvalue weighted by Crippen LogP contribution is -2.52. The molecule has 2 unspecified atom stereocenters. The summed E-state index contributed by atoms with van der Waals surface area (Å²) in [4.78, 5) is 27.2. The van der Waals surface area contributed by atoms with Gasteiger partial charge < -0.3 is 9.47 Å². The smallest absolute Gasteiger partial charge is 0.338 e. The van der Waals surface area contributed by atoms with Crippen molar-refractivity contribution in [2.75, 3.05) is 0 Å². The summed E-state index contributed by atoms with van der Waals surface area (Å²) in [6, 6.07) is 31.3. The maximum atomic E-state index is 13.7. The van der Waals surface area contributed by atoms with Crippen LogP contribution in [0.1, 0.15) is 105 Å². The van der Waals surface area contributed by atoms with Gasteiger partial charge in [-0.2, -0.15) is 0 Å². The number of aryl methyl sites for hydroxylation is 2. The van der Waals surface area contributed by atoms with Crippen LogP contribution in [0, 0.1) is 0 Å². The van der Waals surface area contributed by atoms with Crippen LogP contribution in [-0.2, 0) is 22.3 Å². The first-order valence-electron chi connectivity index (χ1n) is 15.4. The summed E-state index contributed by atoms with van der Waals surface area (Å²) in [5.41, 5.74) is 8.46. The predicted molar refractivity (Wildman–Crippen MR) is 165 cm³/mol. The van der Waals surface area contributed by atoms with Gasteiger partial charge in [0.2, 0.25) is 0 Å². The highest BCUT2D eigenvalue weighted by Gasteiger charge is 2.55. The van der Waals surface area contributed by atoms with E-state index < -0.39 is 24.1 Å². The average molecular weight is 559 g/mol. The predicted octanol–water partition coefficient (Wildman–Crippen LogP) is 8.41. The third kappa shape index (κ3) is 5.15. The summed E-state index contributed by atoms with van der Waals surface area (Å²) in [5.74, 6) is -1.25. The number of fused-ring (bicyclic) bond motifs is 1. The number of carbonyl (C=O) groups excluding carboxylic acids is 2. The van der Waals surface area contributed by atoms with Crippen molar-refractivity contribution in [2.45, 2.75) is 76.4 Å². The van der Waals surface area contributed by atoms with Crippen LogP contribution in [0.25, 0.3) is 0 Å². The molecular formula is C38H38O4. The highest BCUT2D eigenvalue weighted by Crippen LogP contribution is 2.57. The second-order valence-corrected chi connectivity index (χ2v) is 11.5. The van der Waals surface area contributed by atoms with E-state index in [-0.39, 0.29) is 11.8 Å². The van der Waals surface area contributed by atoms with Gasteiger partial charge in [-0.05, 0) is 83.3 Å². The summed E-state index contributed by atoms with van der Waals surface area (Å²) in [7, 11) is 0. The molecule has 214 valence electrons. The first kappa shape index (κ1) is 28.0. The first-order valence-corrected chi connectivity index (χ1v) is 15.4. The van der Waals surface area contributed by atoms with Crippen LogP contribution in [0.2, 0.25) is 0 Å². The van der Waals surface area contributed by atoms with Crippen LogP contribution in [0.5, 0.6) is 0 Å². The second-order valence-electron chi connectivity index (χ2n) is 11.5. The van der Waals surface area contributed by atoms with Gasteiger partial charge in [0.25, 0.3) is 0 Å². The van der Waals surface area contributed by atoms with E-state index in [1.54, 1.807) is 24.3 Å². The molecule has 4 aromatic carbocycles. The van der Waals surface area contributed by atoms with Gasteiger partial charge in [-0.15, -0.1) is 0 Å². The number of esters is 2. The Morgan fingerprint density at radius 1 is 0.548 bits per heavy atom. The molecule has 0 saturated heterocycles. The topological polar surface area (TPSA) is 52.6 Å². The fourth-order valence-corrected chi connectivity index (χ4v) is 6.91. The molecule has 0 aliphatic heterocycles. The van der Waals surface area contributed by atoms with E-state index in [9.17, 15) is 9.59 Å². The largest absolute Gasteiger partial charge is 0.454 e. The Bertz CT molecular complexity index is 1500. The summed E-state index contributed by atoms with van der Waals surface area (Å²) in [5, 5.41) is 0. The van der Waals surface area contributed by atoms with Gasteiger partial charge in [0, 0.05) is 0 Å². The van der Waals surface area contributed by atoms with Crippen LogP contribution >= 0.6 is 0 Å². The molecule has 0 saturated carbocycles. The molecule has 0 heterocycles. The lowest BCUT2D eigenvalue weighted by Gasteiger charge is -2.50. The van der Waals surface area contributed by atoms with Gasteiger partial charge in [-0.3, -0.25) is 0 Å². The Labute approximate surface area is 248 Å². The second kappa shape index (κ2) is 12.4. The molecule has 3 aliphatic carbocycles. The number of carbonyl (C=O) groups is 2. The number of hydrogen-bond donors (Lipinski definition) is 0. The molecular weight excluding hydrogens is 520 g/mol. The summed E-state index contributed by atoms with van der Waals surface area (Å²) < 4.78 is 12.9. The van der Waals surface area contributed by atoms with Crippen molar-refractivity contribution in [3.8, 4) is 0 Å². The molecule has 4 heteroatoms. The van der Waals surface area contributed by atoms with Gasteiger partial charge in [-0.1, -0.05) is 99.5 Å². The summed E-state index contributed by atoms with van der Waals surface area (Å²) in [6.07, 6.45) is 4.98. The normalized spacial score (nSPS) is 20.0. The van der Waals surface area contributed by atoms with Crippen LogP contribution in [0.4, 0.5) is 0 Å². The van der Waals surface area contributed by atoms with E-state index in [0.29, 0.717) is 11.1 Å². The van der Waals surface area contributed by atoms with E-state index in [1.165, 1.54) is 33.4 Å². The van der Waals surface area contributed by atoms with Gasteiger partial charge >= 0.3 is 11.9 Å². The fourth-order valence-electron chi connectivity index (χ4n) is 6.91. The Kier molecular flexibility index (Phi) is 8.23. The van der Waals surface area contributed by atoms with Crippen molar-refractivity contribution < 1.29 is 19.1 Å². The van der Waals surface area contributed by atoms with Crippen LogP contribution in [0.15, 0.2) is 97.1 Å². The Morgan fingerprint density at radius 3 is 1.40 bits per heavy atom. The van der Waals surface area contributed by atoms with Crippen molar-refractivity contribution in [3.63, 3.8) is 0 Å². The highest BCUT2D eigenvalue weighted by atomic mass is 16.6. The maximum Gasteiger partial charge on any atom is 0.338 e. The van der Waals surface area contributed by atoms with E-state index >= 15 is 0 Å². The fraction of sp³-hybridized carbons (Fsp3) is 0.316. The van der Waals surface area contributed by atoms with Crippen LogP contribution in [-0.4, -0.2) is 24.1 Å². The summed E-state index contributed by atoms with van der Waals surface area (Å²) in [6.45, 7) is 4.42. The number of benzene rings is 4. The standard InChI is InChI=1S/C38H38O4/c1-3-5-15-25-21-13-23-29-31(25)34-32-26(16-6-4-2)22-14-24-30(32)33(29)35(41-37(39)27-17-9-7-10-18-27)36(34)42-38(40)28-19-11-8-12-20-28/h7-14,17-24,33-36H,3-6,15-16H2,1-2H3/t33-,34-,35?,36?. The van der Waals surface area contributed by atoms with Gasteiger partial charge in [0.05, 0.1) is 23.0 Å². The van der Waals surface area contributed by atoms with Crippen molar-refractivity contribution in [2.24, 2.45) is 0 Å². The molecule has 0 N–H and O–H groups in total. The molecule has 2 bridgehead atoms. The molecule has 0 amide bonds. The number of ether oxygens (including phenoxy) is 2. The Hall–Kier alpha value is -4.18. The van der Waals surface area contributed by atoms with Gasteiger partial charge in [-0.25, -0.2) is 9.59 Å². The summed E-state index contributed by atoms with van der Waals surface area (Å²) >= 11 is 0. The molecule has 2 atom stereocenters. The zero-order chi connectivity index (χ0) is 29.1. The van der Waals surface area contributed by atoms with Crippen LogP contribution < -0.4 is 0 Å². The molecule has 0 fully saturated rings. The minimum atomic E-state index is -0.654. The monoisotopic (exact) mass is 558 g/mol. The molecule has 4 nitrogen and oxygen atoms in total. The number of rotatable bonds is 10. The zero-order valence-corrected chi connectivity index (χ0v) is 24.4. The minimum Gasteiger partial charge on any atom is -0.454 e.